The molecule has 110 valence electrons. The number of carbonyl (C=O) groups is 2. The van der Waals surface area contributed by atoms with Crippen molar-refractivity contribution in [2.75, 3.05) is 0 Å². The highest BCUT2D eigenvalue weighted by Crippen LogP contribution is 2.23. The molecule has 0 radical (unpaired) electrons. The second-order valence-corrected chi connectivity index (χ2v) is 5.56. The van der Waals surface area contributed by atoms with Crippen LogP contribution >= 0.6 is 22.9 Å². The number of hydrogen-bond donors (Lipinski definition) is 3. The van der Waals surface area contributed by atoms with E-state index < -0.39 is 17.9 Å². The molecule has 0 spiro atoms. The molecular formula is C13H11ClN2O4S. The van der Waals surface area contributed by atoms with E-state index in [9.17, 15) is 14.7 Å². The summed E-state index contributed by atoms with van der Waals surface area (Å²) in [5, 5.41) is 23.3. The van der Waals surface area contributed by atoms with Gasteiger partial charge in [0.15, 0.2) is 5.69 Å². The van der Waals surface area contributed by atoms with E-state index in [-0.39, 0.29) is 17.0 Å². The van der Waals surface area contributed by atoms with Crippen molar-refractivity contribution < 1.29 is 19.8 Å². The van der Waals surface area contributed by atoms with Crippen LogP contribution < -0.4 is 5.32 Å². The summed E-state index contributed by atoms with van der Waals surface area (Å²) in [7, 11) is 0. The molecule has 0 aliphatic rings. The van der Waals surface area contributed by atoms with Gasteiger partial charge < -0.3 is 15.5 Å². The number of thiazole rings is 1. The van der Waals surface area contributed by atoms with Crippen LogP contribution in [0.4, 0.5) is 0 Å². The number of rotatable bonds is 4. The monoisotopic (exact) mass is 326 g/mol. The highest BCUT2D eigenvalue weighted by atomic mass is 35.5. The van der Waals surface area contributed by atoms with Crippen molar-refractivity contribution in [1.82, 2.24) is 10.3 Å². The Hall–Kier alpha value is -2.12. The third kappa shape index (κ3) is 3.50. The molecule has 3 N–H and O–H groups in total. The fourth-order valence-electron chi connectivity index (χ4n) is 1.61. The maximum Gasteiger partial charge on any atom is 0.355 e. The summed E-state index contributed by atoms with van der Waals surface area (Å²) in [5.74, 6) is -1.83. The lowest BCUT2D eigenvalue weighted by atomic mass is 10.2. The van der Waals surface area contributed by atoms with Gasteiger partial charge in [-0.25, -0.2) is 9.78 Å². The molecule has 0 aliphatic heterocycles. The molecule has 0 fully saturated rings. The Morgan fingerprint density at radius 3 is 2.76 bits per heavy atom. The van der Waals surface area contributed by atoms with Crippen LogP contribution in [0.2, 0.25) is 5.02 Å². The van der Waals surface area contributed by atoms with Crippen LogP contribution in [0.25, 0.3) is 0 Å². The van der Waals surface area contributed by atoms with Crippen LogP contribution in [0, 0.1) is 0 Å². The zero-order valence-corrected chi connectivity index (χ0v) is 12.4. The molecule has 2 aromatic rings. The van der Waals surface area contributed by atoms with Gasteiger partial charge in [0, 0.05) is 10.4 Å². The van der Waals surface area contributed by atoms with Crippen LogP contribution in [0.5, 0.6) is 5.75 Å². The van der Waals surface area contributed by atoms with Crippen LogP contribution in [-0.4, -0.2) is 27.1 Å². The third-order valence-electron chi connectivity index (χ3n) is 2.66. The zero-order chi connectivity index (χ0) is 15.6. The molecule has 0 saturated heterocycles. The first-order valence-corrected chi connectivity index (χ1v) is 7.12. The smallest absolute Gasteiger partial charge is 0.355 e. The number of carboxylic acid groups (broad SMARTS) is 1. The van der Waals surface area contributed by atoms with Gasteiger partial charge in [0.2, 0.25) is 0 Å². The van der Waals surface area contributed by atoms with Gasteiger partial charge in [-0.2, -0.15) is 0 Å². The average Bonchev–Trinajstić information content (AvgIpc) is 2.91. The predicted molar refractivity (Wildman–Crippen MR) is 78.1 cm³/mol. The van der Waals surface area contributed by atoms with E-state index in [2.05, 4.69) is 10.3 Å². The number of carboxylic acids is 1. The topological polar surface area (TPSA) is 99.5 Å². The highest BCUT2D eigenvalue weighted by molar-refractivity contribution is 7.09. The number of halogens is 1. The first kappa shape index (κ1) is 15.3. The largest absolute Gasteiger partial charge is 0.507 e. The number of amides is 1. The van der Waals surface area contributed by atoms with E-state index in [4.69, 9.17) is 16.7 Å². The highest BCUT2D eigenvalue weighted by Gasteiger charge is 2.18. The van der Waals surface area contributed by atoms with Gasteiger partial charge in [-0.05, 0) is 25.1 Å². The Labute approximate surface area is 129 Å². The molecular weight excluding hydrogens is 316 g/mol. The molecule has 1 unspecified atom stereocenters. The average molecular weight is 327 g/mol. The summed E-state index contributed by atoms with van der Waals surface area (Å²) in [4.78, 5) is 26.8. The quantitative estimate of drug-likeness (QED) is 0.802. The van der Waals surface area contributed by atoms with Crippen LogP contribution in [0.1, 0.15) is 38.8 Å². The predicted octanol–water partition coefficient (Wildman–Crippen LogP) is 2.69. The zero-order valence-electron chi connectivity index (χ0n) is 10.8. The number of aromatic nitrogens is 1. The molecule has 0 bridgehead atoms. The normalized spacial score (nSPS) is 11.9. The summed E-state index contributed by atoms with van der Waals surface area (Å²) >= 11 is 6.92. The maximum absolute atomic E-state index is 12.1. The third-order valence-corrected chi connectivity index (χ3v) is 3.92. The first-order chi connectivity index (χ1) is 9.88. The molecule has 1 atom stereocenters. The van der Waals surface area contributed by atoms with Crippen molar-refractivity contribution in [2.45, 2.75) is 13.0 Å². The lowest BCUT2D eigenvalue weighted by Gasteiger charge is -2.12. The van der Waals surface area contributed by atoms with E-state index in [1.165, 1.54) is 23.6 Å². The molecule has 1 heterocycles. The minimum Gasteiger partial charge on any atom is -0.507 e. The van der Waals surface area contributed by atoms with Crippen molar-refractivity contribution in [2.24, 2.45) is 0 Å². The number of benzene rings is 1. The molecule has 0 saturated carbocycles. The van der Waals surface area contributed by atoms with Crippen molar-refractivity contribution in [3.05, 3.63) is 44.9 Å². The fraction of sp³-hybridized carbons (Fsp3) is 0.154. The Morgan fingerprint density at radius 2 is 2.14 bits per heavy atom. The van der Waals surface area contributed by atoms with Gasteiger partial charge in [-0.3, -0.25) is 4.79 Å². The lowest BCUT2D eigenvalue weighted by molar-refractivity contribution is 0.0691. The number of nitrogens with zero attached hydrogens (tertiary/aromatic N) is 1. The number of phenols is 1. The Morgan fingerprint density at radius 1 is 1.43 bits per heavy atom. The number of aromatic hydroxyl groups is 1. The van der Waals surface area contributed by atoms with E-state index >= 15 is 0 Å². The van der Waals surface area contributed by atoms with Crippen LogP contribution in [0.3, 0.4) is 0 Å². The molecule has 21 heavy (non-hydrogen) atoms. The van der Waals surface area contributed by atoms with Gasteiger partial charge in [0.1, 0.15) is 10.8 Å². The Balaban J connectivity index is 2.14. The van der Waals surface area contributed by atoms with Crippen LogP contribution in [0.15, 0.2) is 23.6 Å². The number of nitrogens with one attached hydrogen (secondary N) is 1. The Kier molecular flexibility index (Phi) is 4.44. The van der Waals surface area contributed by atoms with Crippen LogP contribution in [-0.2, 0) is 0 Å². The SMILES string of the molecule is CC(NC(=O)c1cc(Cl)ccc1O)c1nc(C(=O)O)cs1. The lowest BCUT2D eigenvalue weighted by Crippen LogP contribution is -2.26. The van der Waals surface area contributed by atoms with E-state index in [0.29, 0.717) is 10.0 Å². The van der Waals surface area contributed by atoms with Crippen molar-refractivity contribution in [1.29, 1.82) is 0 Å². The van der Waals surface area contributed by atoms with Crippen molar-refractivity contribution in [3.8, 4) is 5.75 Å². The fourth-order valence-corrected chi connectivity index (χ4v) is 2.58. The first-order valence-electron chi connectivity index (χ1n) is 5.86. The van der Waals surface area contributed by atoms with Gasteiger partial charge in [0.25, 0.3) is 5.91 Å². The minimum atomic E-state index is -1.12. The van der Waals surface area contributed by atoms with E-state index in [1.54, 1.807) is 6.92 Å². The molecule has 0 aliphatic carbocycles. The van der Waals surface area contributed by atoms with Gasteiger partial charge in [-0.1, -0.05) is 11.6 Å². The standard InChI is InChI=1S/C13H11ClN2O4S/c1-6(12-16-9(5-21-12)13(19)20)15-11(18)8-4-7(14)2-3-10(8)17/h2-6,17H,1H3,(H,15,18)(H,19,20). The van der Waals surface area contributed by atoms with E-state index in [0.717, 1.165) is 11.3 Å². The molecule has 1 amide bonds. The van der Waals surface area contributed by atoms with Crippen molar-refractivity contribution in [3.63, 3.8) is 0 Å². The molecule has 6 nitrogen and oxygen atoms in total. The van der Waals surface area contributed by atoms with E-state index in [1.807, 2.05) is 0 Å². The molecule has 2 rings (SSSR count). The molecule has 1 aromatic heterocycles. The van der Waals surface area contributed by atoms with Crippen molar-refractivity contribution >= 4 is 34.8 Å². The molecule has 8 heteroatoms. The minimum absolute atomic E-state index is 0.0457. The van der Waals surface area contributed by atoms with Gasteiger partial charge >= 0.3 is 5.97 Å². The molecule has 1 aromatic carbocycles. The Bertz CT molecular complexity index is 701. The second kappa shape index (κ2) is 6.11. The second-order valence-electron chi connectivity index (χ2n) is 4.23. The number of carbonyl (C=O) groups excluding carboxylic acids is 1. The summed E-state index contributed by atoms with van der Waals surface area (Å²) in [6, 6.07) is 3.66. The van der Waals surface area contributed by atoms with Gasteiger partial charge in [-0.15, -0.1) is 11.3 Å². The van der Waals surface area contributed by atoms with Gasteiger partial charge in [0.05, 0.1) is 11.6 Å². The number of aromatic carboxylic acids is 1. The summed E-state index contributed by atoms with van der Waals surface area (Å²) in [6.07, 6.45) is 0. The summed E-state index contributed by atoms with van der Waals surface area (Å²) < 4.78 is 0. The number of phenolic OH excluding ortho intramolecular Hbond substituents is 1. The summed E-state index contributed by atoms with van der Waals surface area (Å²) in [6.45, 7) is 1.67. The number of hydrogen-bond acceptors (Lipinski definition) is 5. The maximum atomic E-state index is 12.1. The summed E-state index contributed by atoms with van der Waals surface area (Å²) in [5.41, 5.74) is -0.0222.